The van der Waals surface area contributed by atoms with Crippen LogP contribution in [0.15, 0.2) is 60.3 Å². The Morgan fingerprint density at radius 3 is 2.40 bits per heavy atom. The molecule has 1 fully saturated rings. The highest BCUT2D eigenvalue weighted by atomic mass is 19.1. The van der Waals surface area contributed by atoms with Crippen molar-refractivity contribution in [2.24, 2.45) is 0 Å². The largest absolute Gasteiger partial charge is 0.465 e. The van der Waals surface area contributed by atoms with Crippen molar-refractivity contribution in [3.05, 3.63) is 71.7 Å². The van der Waals surface area contributed by atoms with Gasteiger partial charge in [-0.05, 0) is 36.4 Å². The summed E-state index contributed by atoms with van der Waals surface area (Å²) in [5.74, 6) is -1.46. The van der Waals surface area contributed by atoms with Crippen LogP contribution in [0.25, 0.3) is 0 Å². The van der Waals surface area contributed by atoms with Crippen LogP contribution < -0.4 is 10.2 Å². The number of halogens is 1. The Hall–Kier alpha value is -3.86. The molecule has 0 aliphatic carbocycles. The minimum absolute atomic E-state index is 0.0649. The Balaban J connectivity index is 1.65. The lowest BCUT2D eigenvalue weighted by molar-refractivity contribution is -0.112. The lowest BCUT2D eigenvalue weighted by atomic mass is 10.1. The van der Waals surface area contributed by atoms with Crippen LogP contribution >= 0.6 is 0 Å². The number of nitrogens with zero attached hydrogens (tertiary/aromatic N) is 3. The van der Waals surface area contributed by atoms with Crippen molar-refractivity contribution in [2.75, 3.05) is 43.5 Å². The van der Waals surface area contributed by atoms with E-state index >= 15 is 0 Å². The monoisotopic (exact) mass is 408 g/mol. The van der Waals surface area contributed by atoms with Crippen LogP contribution in [0.5, 0.6) is 0 Å². The Morgan fingerprint density at radius 2 is 1.77 bits per heavy atom. The van der Waals surface area contributed by atoms with E-state index in [4.69, 9.17) is 4.74 Å². The number of methoxy groups -OCH3 is 1. The van der Waals surface area contributed by atoms with Gasteiger partial charge in [0, 0.05) is 38.1 Å². The number of anilines is 2. The maximum atomic E-state index is 13.1. The molecule has 1 saturated heterocycles. The van der Waals surface area contributed by atoms with Gasteiger partial charge in [0.1, 0.15) is 17.5 Å². The number of ether oxygens (including phenoxy) is 1. The van der Waals surface area contributed by atoms with Crippen LogP contribution in [0.4, 0.5) is 15.8 Å². The second-order valence-corrected chi connectivity index (χ2v) is 6.65. The molecule has 154 valence electrons. The number of carbonyl (C=O) groups is 2. The summed E-state index contributed by atoms with van der Waals surface area (Å²) < 4.78 is 17.8. The standard InChI is InChI=1S/C22H21FN4O3/c1-30-22(29)19-4-2-3-5-20(19)25-21(28)16(14-24)15-26-10-12-27(13-11-26)18-8-6-17(23)7-9-18/h2-9,15H,10-13H2,1H3,(H,25,28)/b16-15-. The van der Waals surface area contributed by atoms with Crippen molar-refractivity contribution in [1.82, 2.24) is 4.90 Å². The molecule has 30 heavy (non-hydrogen) atoms. The fourth-order valence-corrected chi connectivity index (χ4v) is 3.15. The summed E-state index contributed by atoms with van der Waals surface area (Å²) in [6, 6.07) is 14.7. The molecule has 0 saturated carbocycles. The first-order chi connectivity index (χ1) is 14.5. The number of benzene rings is 2. The topological polar surface area (TPSA) is 85.7 Å². The first-order valence-corrected chi connectivity index (χ1v) is 9.37. The van der Waals surface area contributed by atoms with Crippen molar-refractivity contribution in [3.8, 4) is 6.07 Å². The number of carbonyl (C=O) groups excluding carboxylic acids is 2. The lowest BCUT2D eigenvalue weighted by Gasteiger charge is -2.35. The summed E-state index contributed by atoms with van der Waals surface area (Å²) in [6.07, 6.45) is 1.53. The van der Waals surface area contributed by atoms with Crippen molar-refractivity contribution in [2.45, 2.75) is 0 Å². The van der Waals surface area contributed by atoms with Crippen molar-refractivity contribution in [1.29, 1.82) is 5.26 Å². The second-order valence-electron chi connectivity index (χ2n) is 6.65. The molecule has 2 aromatic carbocycles. The second kappa shape index (κ2) is 9.56. The van der Waals surface area contributed by atoms with E-state index in [9.17, 15) is 19.2 Å². The number of nitrogens with one attached hydrogen (secondary N) is 1. The molecule has 2 aromatic rings. The molecule has 7 nitrogen and oxygen atoms in total. The number of hydrogen-bond acceptors (Lipinski definition) is 6. The smallest absolute Gasteiger partial charge is 0.339 e. The molecular formula is C22H21FN4O3. The summed E-state index contributed by atoms with van der Waals surface area (Å²) in [6.45, 7) is 2.56. The summed E-state index contributed by atoms with van der Waals surface area (Å²) in [7, 11) is 1.26. The van der Waals surface area contributed by atoms with Crippen molar-refractivity contribution >= 4 is 23.3 Å². The van der Waals surface area contributed by atoms with Gasteiger partial charge in [-0.1, -0.05) is 12.1 Å². The number of rotatable bonds is 5. The molecule has 3 rings (SSSR count). The summed E-state index contributed by atoms with van der Waals surface area (Å²) in [5, 5.41) is 12.0. The predicted octanol–water partition coefficient (Wildman–Crippen LogP) is 2.78. The van der Waals surface area contributed by atoms with Crippen LogP contribution in [0, 0.1) is 17.1 Å². The zero-order valence-electron chi connectivity index (χ0n) is 16.5. The fourth-order valence-electron chi connectivity index (χ4n) is 3.15. The highest BCUT2D eigenvalue weighted by Gasteiger charge is 2.19. The molecular weight excluding hydrogens is 387 g/mol. The van der Waals surface area contributed by atoms with E-state index in [0.717, 1.165) is 5.69 Å². The third-order valence-electron chi connectivity index (χ3n) is 4.76. The van der Waals surface area contributed by atoms with Crippen LogP contribution in [-0.2, 0) is 9.53 Å². The van der Waals surface area contributed by atoms with E-state index in [1.54, 1.807) is 30.3 Å². The molecule has 0 radical (unpaired) electrons. The summed E-state index contributed by atoms with van der Waals surface area (Å²) in [4.78, 5) is 28.4. The zero-order chi connectivity index (χ0) is 21.5. The maximum Gasteiger partial charge on any atom is 0.339 e. The van der Waals surface area contributed by atoms with Gasteiger partial charge in [0.25, 0.3) is 5.91 Å². The molecule has 1 amide bonds. The third-order valence-corrected chi connectivity index (χ3v) is 4.76. The van der Waals surface area contributed by atoms with Gasteiger partial charge in [-0.25, -0.2) is 9.18 Å². The first-order valence-electron chi connectivity index (χ1n) is 9.37. The van der Waals surface area contributed by atoms with E-state index in [0.29, 0.717) is 26.2 Å². The normalized spacial score (nSPS) is 14.1. The average Bonchev–Trinajstić information content (AvgIpc) is 2.78. The van der Waals surface area contributed by atoms with Gasteiger partial charge < -0.3 is 19.9 Å². The van der Waals surface area contributed by atoms with Gasteiger partial charge >= 0.3 is 5.97 Å². The number of nitriles is 1. The van der Waals surface area contributed by atoms with Crippen LogP contribution in [0.3, 0.4) is 0 Å². The molecule has 0 unspecified atom stereocenters. The van der Waals surface area contributed by atoms with E-state index in [-0.39, 0.29) is 22.6 Å². The minimum atomic E-state index is -0.602. The SMILES string of the molecule is COC(=O)c1ccccc1NC(=O)/C(C#N)=C\N1CCN(c2ccc(F)cc2)CC1. The first kappa shape index (κ1) is 20.9. The highest BCUT2D eigenvalue weighted by molar-refractivity contribution is 6.09. The zero-order valence-corrected chi connectivity index (χ0v) is 16.5. The van der Waals surface area contributed by atoms with Crippen LogP contribution in [-0.4, -0.2) is 50.1 Å². The van der Waals surface area contributed by atoms with Gasteiger partial charge in [0.2, 0.25) is 0 Å². The Kier molecular flexibility index (Phi) is 6.65. The van der Waals surface area contributed by atoms with E-state index in [2.05, 4.69) is 10.2 Å². The van der Waals surface area contributed by atoms with Crippen molar-refractivity contribution < 1.29 is 18.7 Å². The van der Waals surface area contributed by atoms with Crippen LogP contribution in [0.1, 0.15) is 10.4 Å². The molecule has 1 N–H and O–H groups in total. The molecule has 0 atom stereocenters. The molecule has 1 aliphatic heterocycles. The molecule has 1 heterocycles. The molecule has 0 spiro atoms. The Labute approximate surface area is 174 Å². The quantitative estimate of drug-likeness (QED) is 0.465. The van der Waals surface area contributed by atoms with Crippen LogP contribution in [0.2, 0.25) is 0 Å². The third kappa shape index (κ3) is 4.94. The summed E-state index contributed by atoms with van der Waals surface area (Å²) in [5.41, 5.74) is 1.35. The number of hydrogen-bond donors (Lipinski definition) is 1. The Bertz CT molecular complexity index is 990. The molecule has 0 bridgehead atoms. The number of esters is 1. The number of piperazine rings is 1. The van der Waals surface area contributed by atoms with Crippen molar-refractivity contribution in [3.63, 3.8) is 0 Å². The summed E-state index contributed by atoms with van der Waals surface area (Å²) >= 11 is 0. The van der Waals surface area contributed by atoms with Gasteiger partial charge in [-0.2, -0.15) is 5.26 Å². The molecule has 1 aliphatic rings. The van der Waals surface area contributed by atoms with Gasteiger partial charge in [-0.3, -0.25) is 4.79 Å². The van der Waals surface area contributed by atoms with E-state index in [1.807, 2.05) is 11.0 Å². The lowest BCUT2D eigenvalue weighted by Crippen LogP contribution is -2.44. The average molecular weight is 408 g/mol. The number of amides is 1. The van der Waals surface area contributed by atoms with Gasteiger partial charge in [0.15, 0.2) is 0 Å². The maximum absolute atomic E-state index is 13.1. The predicted molar refractivity (Wildman–Crippen MR) is 110 cm³/mol. The highest BCUT2D eigenvalue weighted by Crippen LogP contribution is 2.19. The van der Waals surface area contributed by atoms with Gasteiger partial charge in [0.05, 0.1) is 18.4 Å². The molecule has 8 heteroatoms. The molecule has 0 aromatic heterocycles. The minimum Gasteiger partial charge on any atom is -0.465 e. The Morgan fingerprint density at radius 1 is 1.10 bits per heavy atom. The number of para-hydroxylation sites is 1. The van der Waals surface area contributed by atoms with Gasteiger partial charge in [-0.15, -0.1) is 0 Å². The fraction of sp³-hybridized carbons (Fsp3) is 0.227. The van der Waals surface area contributed by atoms with E-state index < -0.39 is 11.9 Å². The van der Waals surface area contributed by atoms with E-state index in [1.165, 1.54) is 31.5 Å².